The first-order valence-corrected chi connectivity index (χ1v) is 15.1. The van der Waals surface area contributed by atoms with E-state index in [-0.39, 0.29) is 42.5 Å². The lowest BCUT2D eigenvalue weighted by molar-refractivity contribution is -0.139. The minimum absolute atomic E-state index is 0.0381. The monoisotopic (exact) mass is 538 g/mol. The van der Waals surface area contributed by atoms with Gasteiger partial charge in [0.15, 0.2) is 5.13 Å². The van der Waals surface area contributed by atoms with Gasteiger partial charge in [0, 0.05) is 30.9 Å². The van der Waals surface area contributed by atoms with Gasteiger partial charge in [-0.05, 0) is 49.5 Å². The van der Waals surface area contributed by atoms with Crippen LogP contribution in [0.2, 0.25) is 0 Å². The maximum atomic E-state index is 13.1. The van der Waals surface area contributed by atoms with Crippen LogP contribution < -0.4 is 5.32 Å². The summed E-state index contributed by atoms with van der Waals surface area (Å²) in [6, 6.07) is 10.6. The zero-order chi connectivity index (χ0) is 26.9. The summed E-state index contributed by atoms with van der Waals surface area (Å²) in [5, 5.41) is 5.18. The summed E-state index contributed by atoms with van der Waals surface area (Å²) in [6.45, 7) is 6.31. The first-order valence-electron chi connectivity index (χ1n) is 14.2. The van der Waals surface area contributed by atoms with Crippen molar-refractivity contribution in [1.82, 2.24) is 14.8 Å². The number of thiazole rings is 1. The lowest BCUT2D eigenvalue weighted by Crippen LogP contribution is -2.43. The van der Waals surface area contributed by atoms with Crippen LogP contribution in [0, 0.1) is 17.8 Å². The summed E-state index contributed by atoms with van der Waals surface area (Å²) >= 11 is 1.33. The van der Waals surface area contributed by atoms with Gasteiger partial charge in [-0.1, -0.05) is 63.4 Å². The van der Waals surface area contributed by atoms with Gasteiger partial charge in [-0.25, -0.2) is 4.98 Å². The molecule has 7 nitrogen and oxygen atoms in total. The van der Waals surface area contributed by atoms with Crippen molar-refractivity contribution in [3.8, 4) is 0 Å². The van der Waals surface area contributed by atoms with E-state index < -0.39 is 0 Å². The minimum Gasteiger partial charge on any atom is -0.342 e. The molecule has 1 aliphatic heterocycles. The molecular formula is C30H42N4O3S. The number of piperidine rings is 1. The van der Waals surface area contributed by atoms with E-state index >= 15 is 0 Å². The van der Waals surface area contributed by atoms with Crippen molar-refractivity contribution < 1.29 is 14.4 Å². The third-order valence-electron chi connectivity index (χ3n) is 7.65. The fraction of sp³-hybridized carbons (Fsp3) is 0.600. The molecule has 2 fully saturated rings. The van der Waals surface area contributed by atoms with Crippen LogP contribution in [-0.4, -0.2) is 58.7 Å². The number of likely N-dealkylation sites (tertiary alicyclic amines) is 1. The largest absolute Gasteiger partial charge is 0.342 e. The lowest BCUT2D eigenvalue weighted by atomic mass is 9.88. The van der Waals surface area contributed by atoms with E-state index in [2.05, 4.69) is 48.4 Å². The van der Waals surface area contributed by atoms with Gasteiger partial charge < -0.3 is 15.1 Å². The Hall–Kier alpha value is -2.74. The summed E-state index contributed by atoms with van der Waals surface area (Å²) in [7, 11) is 0. The lowest BCUT2D eigenvalue weighted by Gasteiger charge is -2.32. The molecule has 2 aromatic rings. The molecular weight excluding hydrogens is 496 g/mol. The molecule has 2 heterocycles. The second-order valence-corrected chi connectivity index (χ2v) is 12.2. The molecule has 3 amide bonds. The van der Waals surface area contributed by atoms with Gasteiger partial charge in [0.2, 0.25) is 17.7 Å². The summed E-state index contributed by atoms with van der Waals surface area (Å²) in [6.07, 6.45) is 8.56. The van der Waals surface area contributed by atoms with Crippen molar-refractivity contribution in [2.45, 2.75) is 71.6 Å². The Balaban J connectivity index is 1.23. The molecule has 0 atom stereocenters. The molecule has 2 aliphatic rings. The second-order valence-electron chi connectivity index (χ2n) is 11.3. The normalized spacial score (nSPS) is 17.0. The number of benzene rings is 1. The minimum atomic E-state index is -0.234. The zero-order valence-electron chi connectivity index (χ0n) is 22.9. The highest BCUT2D eigenvalue weighted by molar-refractivity contribution is 7.13. The van der Waals surface area contributed by atoms with Gasteiger partial charge in [-0.15, -0.1) is 11.3 Å². The van der Waals surface area contributed by atoms with Crippen molar-refractivity contribution in [2.24, 2.45) is 17.8 Å². The van der Waals surface area contributed by atoms with E-state index in [1.807, 2.05) is 16.3 Å². The van der Waals surface area contributed by atoms with Gasteiger partial charge >= 0.3 is 0 Å². The Morgan fingerprint density at radius 3 is 2.45 bits per heavy atom. The van der Waals surface area contributed by atoms with Crippen LogP contribution in [0.25, 0.3) is 0 Å². The standard InChI is InChI=1S/C30H42N4O3S/c1-22(2)19-34(29(37)25-11-7-4-8-12-25)20-27(35)32-30-31-26(21-38-30)18-28(36)33-15-13-24(14-16-33)17-23-9-5-3-6-10-23/h3,5-6,9-10,21-22,24-25H,4,7-8,11-20H2,1-2H3,(H,31,32,35). The van der Waals surface area contributed by atoms with Crippen molar-refractivity contribution >= 4 is 34.2 Å². The Morgan fingerprint density at radius 2 is 1.76 bits per heavy atom. The Kier molecular flexibility index (Phi) is 10.3. The Morgan fingerprint density at radius 1 is 1.05 bits per heavy atom. The number of hydrogen-bond donors (Lipinski definition) is 1. The summed E-state index contributed by atoms with van der Waals surface area (Å²) in [5.41, 5.74) is 2.04. The van der Waals surface area contributed by atoms with Gasteiger partial charge in [0.05, 0.1) is 18.7 Å². The Labute approximate surface area is 231 Å². The van der Waals surface area contributed by atoms with Crippen molar-refractivity contribution in [2.75, 3.05) is 31.5 Å². The molecule has 38 heavy (non-hydrogen) atoms. The van der Waals surface area contributed by atoms with Crippen molar-refractivity contribution in [1.29, 1.82) is 0 Å². The molecule has 0 radical (unpaired) electrons. The number of nitrogens with zero attached hydrogens (tertiary/aromatic N) is 3. The molecule has 1 aromatic carbocycles. The molecule has 1 aliphatic carbocycles. The fourth-order valence-electron chi connectivity index (χ4n) is 5.66. The van der Waals surface area contributed by atoms with E-state index in [9.17, 15) is 14.4 Å². The third-order valence-corrected chi connectivity index (χ3v) is 8.46. The number of anilines is 1. The van der Waals surface area contributed by atoms with E-state index in [0.717, 1.165) is 58.0 Å². The molecule has 8 heteroatoms. The van der Waals surface area contributed by atoms with E-state index in [1.165, 1.54) is 23.3 Å². The number of amides is 3. The average molecular weight is 539 g/mol. The first-order chi connectivity index (χ1) is 18.4. The molecule has 206 valence electrons. The highest BCUT2D eigenvalue weighted by Gasteiger charge is 2.28. The van der Waals surface area contributed by atoms with Crippen LogP contribution in [0.5, 0.6) is 0 Å². The fourth-order valence-corrected chi connectivity index (χ4v) is 6.39. The number of rotatable bonds is 10. The van der Waals surface area contributed by atoms with Crippen LogP contribution in [0.15, 0.2) is 35.7 Å². The Bertz CT molecular complexity index is 1060. The molecule has 1 saturated carbocycles. The third kappa shape index (κ3) is 8.38. The quantitative estimate of drug-likeness (QED) is 0.452. The SMILES string of the molecule is CC(C)CN(CC(=O)Nc1nc(CC(=O)N2CCC(Cc3ccccc3)CC2)cs1)C(=O)C1CCCCC1. The van der Waals surface area contributed by atoms with Crippen LogP contribution >= 0.6 is 11.3 Å². The molecule has 1 aromatic heterocycles. The van der Waals surface area contributed by atoms with Crippen LogP contribution in [-0.2, 0) is 27.2 Å². The van der Waals surface area contributed by atoms with Crippen LogP contribution in [0.1, 0.15) is 70.1 Å². The molecule has 1 saturated heterocycles. The van der Waals surface area contributed by atoms with E-state index in [1.54, 1.807) is 4.90 Å². The smallest absolute Gasteiger partial charge is 0.245 e. The molecule has 0 unspecified atom stereocenters. The summed E-state index contributed by atoms with van der Waals surface area (Å²) in [5.74, 6) is 0.900. The van der Waals surface area contributed by atoms with Crippen molar-refractivity contribution in [3.63, 3.8) is 0 Å². The predicted octanol–water partition coefficient (Wildman–Crippen LogP) is 5.17. The first kappa shape index (κ1) is 28.3. The molecule has 0 bridgehead atoms. The summed E-state index contributed by atoms with van der Waals surface area (Å²) < 4.78 is 0. The number of carbonyl (C=O) groups excluding carboxylic acids is 3. The zero-order valence-corrected chi connectivity index (χ0v) is 23.7. The number of hydrogen-bond acceptors (Lipinski definition) is 5. The van der Waals surface area contributed by atoms with Gasteiger partial charge in [0.25, 0.3) is 0 Å². The highest BCUT2D eigenvalue weighted by Crippen LogP contribution is 2.26. The average Bonchev–Trinajstić information content (AvgIpc) is 3.35. The van der Waals surface area contributed by atoms with Gasteiger partial charge in [-0.2, -0.15) is 0 Å². The number of nitrogens with one attached hydrogen (secondary N) is 1. The highest BCUT2D eigenvalue weighted by atomic mass is 32.1. The maximum absolute atomic E-state index is 13.1. The maximum Gasteiger partial charge on any atom is 0.245 e. The second kappa shape index (κ2) is 13.9. The van der Waals surface area contributed by atoms with Gasteiger partial charge in [-0.3, -0.25) is 14.4 Å². The van der Waals surface area contributed by atoms with Gasteiger partial charge in [0.1, 0.15) is 0 Å². The molecule has 4 rings (SSSR count). The number of carbonyl (C=O) groups is 3. The van der Waals surface area contributed by atoms with Crippen LogP contribution in [0.3, 0.4) is 0 Å². The van der Waals surface area contributed by atoms with E-state index in [0.29, 0.717) is 23.3 Å². The predicted molar refractivity (Wildman–Crippen MR) is 152 cm³/mol. The summed E-state index contributed by atoms with van der Waals surface area (Å²) in [4.78, 5) is 47.0. The van der Waals surface area contributed by atoms with Crippen LogP contribution in [0.4, 0.5) is 5.13 Å². The topological polar surface area (TPSA) is 82.6 Å². The molecule has 0 spiro atoms. The van der Waals surface area contributed by atoms with Crippen molar-refractivity contribution in [3.05, 3.63) is 47.0 Å². The van der Waals surface area contributed by atoms with E-state index in [4.69, 9.17) is 0 Å². The molecule has 1 N–H and O–H groups in total. The number of aromatic nitrogens is 1.